The lowest BCUT2D eigenvalue weighted by atomic mass is 9.82. The molecule has 1 aromatic rings. The molecule has 1 N–H and O–H groups in total. The van der Waals surface area contributed by atoms with Crippen molar-refractivity contribution in [1.82, 2.24) is 15.5 Å². The first-order chi connectivity index (χ1) is 9.44. The van der Waals surface area contributed by atoms with Gasteiger partial charge < -0.3 is 14.5 Å². The third-order valence-corrected chi connectivity index (χ3v) is 3.51. The number of carbonyl (C=O) groups excluding carboxylic acids is 1. The first kappa shape index (κ1) is 14.8. The van der Waals surface area contributed by atoms with E-state index in [0.29, 0.717) is 18.4 Å². The van der Waals surface area contributed by atoms with Gasteiger partial charge in [-0.1, -0.05) is 0 Å². The van der Waals surface area contributed by atoms with Gasteiger partial charge in [-0.2, -0.15) is 0 Å². The number of amides is 1. The summed E-state index contributed by atoms with van der Waals surface area (Å²) in [5, 5.41) is 10.5. The fourth-order valence-corrected chi connectivity index (χ4v) is 2.51. The van der Waals surface area contributed by atoms with E-state index < -0.39 is 5.60 Å². The number of rotatable bonds is 3. The van der Waals surface area contributed by atoms with Gasteiger partial charge in [-0.3, -0.25) is 0 Å². The third-order valence-electron chi connectivity index (χ3n) is 3.51. The molecule has 1 aliphatic carbocycles. The summed E-state index contributed by atoms with van der Waals surface area (Å²) in [7, 11) is 0. The highest BCUT2D eigenvalue weighted by atomic mass is 16.6. The maximum atomic E-state index is 11.6. The van der Waals surface area contributed by atoms with Crippen molar-refractivity contribution < 1.29 is 13.9 Å². The van der Waals surface area contributed by atoms with Crippen LogP contribution < -0.4 is 5.32 Å². The third kappa shape index (κ3) is 4.51. The van der Waals surface area contributed by atoms with Crippen LogP contribution in [-0.2, 0) is 4.74 Å². The Balaban J connectivity index is 1.68. The van der Waals surface area contributed by atoms with Gasteiger partial charge >= 0.3 is 6.09 Å². The van der Waals surface area contributed by atoms with Crippen LogP contribution >= 0.6 is 0 Å². The van der Waals surface area contributed by atoms with Gasteiger partial charge in [0.05, 0.1) is 0 Å². The van der Waals surface area contributed by atoms with Crippen molar-refractivity contribution in [2.24, 2.45) is 5.92 Å². The molecule has 1 saturated carbocycles. The molecule has 112 valence electrons. The predicted molar refractivity (Wildman–Crippen MR) is 73.2 cm³/mol. The van der Waals surface area contributed by atoms with Gasteiger partial charge in [-0.15, -0.1) is 10.2 Å². The molecule has 6 nitrogen and oxygen atoms in total. The molecule has 0 aliphatic heterocycles. The number of alkyl carbamates (subject to hydrolysis) is 1. The Morgan fingerprint density at radius 3 is 2.65 bits per heavy atom. The van der Waals surface area contributed by atoms with E-state index >= 15 is 0 Å². The Bertz CT molecular complexity index is 417. The quantitative estimate of drug-likeness (QED) is 0.921. The van der Waals surface area contributed by atoms with Crippen molar-refractivity contribution in [3.63, 3.8) is 0 Å². The zero-order chi connectivity index (χ0) is 14.6. The fourth-order valence-electron chi connectivity index (χ4n) is 2.51. The molecule has 0 saturated heterocycles. The zero-order valence-electron chi connectivity index (χ0n) is 12.4. The molecule has 1 aliphatic rings. The van der Waals surface area contributed by atoms with Crippen molar-refractivity contribution >= 4 is 6.09 Å². The highest BCUT2D eigenvalue weighted by Crippen LogP contribution is 2.34. The Kier molecular flexibility index (Phi) is 4.62. The summed E-state index contributed by atoms with van der Waals surface area (Å²) in [6, 6.07) is 0. The van der Waals surface area contributed by atoms with Crippen LogP contribution in [0.1, 0.15) is 58.3 Å². The number of ether oxygens (including phenoxy) is 1. The van der Waals surface area contributed by atoms with Gasteiger partial charge in [0.15, 0.2) is 0 Å². The minimum Gasteiger partial charge on any atom is -0.444 e. The summed E-state index contributed by atoms with van der Waals surface area (Å²) in [5.41, 5.74) is -0.445. The maximum Gasteiger partial charge on any atom is 0.407 e. The second-order valence-electron chi connectivity index (χ2n) is 6.38. The second kappa shape index (κ2) is 6.24. The summed E-state index contributed by atoms with van der Waals surface area (Å²) >= 11 is 0. The molecular weight excluding hydrogens is 258 g/mol. The van der Waals surface area contributed by atoms with Crippen molar-refractivity contribution in [3.05, 3.63) is 12.3 Å². The summed E-state index contributed by atoms with van der Waals surface area (Å²) in [5.74, 6) is 1.61. The van der Waals surface area contributed by atoms with Gasteiger partial charge in [0.25, 0.3) is 0 Å². The average molecular weight is 281 g/mol. The SMILES string of the molecule is CC(C)(C)OC(=O)NCC1CCC(c2nnco2)CC1. The van der Waals surface area contributed by atoms with Crippen molar-refractivity contribution in [3.8, 4) is 0 Å². The molecule has 0 aromatic carbocycles. The lowest BCUT2D eigenvalue weighted by Gasteiger charge is -2.27. The number of nitrogens with zero attached hydrogens (tertiary/aromatic N) is 2. The summed E-state index contributed by atoms with van der Waals surface area (Å²) in [6.07, 6.45) is 5.22. The van der Waals surface area contributed by atoms with E-state index in [9.17, 15) is 4.79 Å². The molecule has 6 heteroatoms. The summed E-state index contributed by atoms with van der Waals surface area (Å²) in [6.45, 7) is 6.26. The maximum absolute atomic E-state index is 11.6. The highest BCUT2D eigenvalue weighted by molar-refractivity contribution is 5.67. The zero-order valence-corrected chi connectivity index (χ0v) is 12.4. The standard InChI is InChI=1S/C14H23N3O3/c1-14(2,3)20-13(18)15-8-10-4-6-11(7-5-10)12-17-16-9-19-12/h9-11H,4-8H2,1-3H3,(H,15,18). The van der Waals surface area contributed by atoms with Gasteiger partial charge in [-0.25, -0.2) is 4.79 Å². The summed E-state index contributed by atoms with van der Waals surface area (Å²) in [4.78, 5) is 11.6. The average Bonchev–Trinajstić information content (AvgIpc) is 2.89. The predicted octanol–water partition coefficient (Wildman–Crippen LogP) is 2.87. The molecule has 0 atom stereocenters. The molecule has 1 aromatic heterocycles. The molecule has 1 heterocycles. The lowest BCUT2D eigenvalue weighted by molar-refractivity contribution is 0.0514. The van der Waals surface area contributed by atoms with E-state index in [4.69, 9.17) is 9.15 Å². The van der Waals surface area contributed by atoms with Crippen LogP contribution in [0.25, 0.3) is 0 Å². The lowest BCUT2D eigenvalue weighted by Crippen LogP contribution is -2.36. The van der Waals surface area contributed by atoms with E-state index in [1.165, 1.54) is 6.39 Å². The minimum absolute atomic E-state index is 0.337. The number of aromatic nitrogens is 2. The normalized spacial score (nSPS) is 23.4. The van der Waals surface area contributed by atoms with Gasteiger partial charge in [0.2, 0.25) is 12.3 Å². The van der Waals surface area contributed by atoms with Crippen LogP contribution in [0.2, 0.25) is 0 Å². The van der Waals surface area contributed by atoms with Crippen molar-refractivity contribution in [2.75, 3.05) is 6.54 Å². The molecule has 1 fully saturated rings. The van der Waals surface area contributed by atoms with Gasteiger partial charge in [0.1, 0.15) is 5.60 Å². The van der Waals surface area contributed by atoms with Crippen LogP contribution in [0.15, 0.2) is 10.8 Å². The van der Waals surface area contributed by atoms with Crippen LogP contribution in [0.5, 0.6) is 0 Å². The molecule has 2 rings (SSSR count). The molecule has 20 heavy (non-hydrogen) atoms. The Morgan fingerprint density at radius 1 is 1.40 bits per heavy atom. The van der Waals surface area contributed by atoms with E-state index in [1.54, 1.807) is 0 Å². The Labute approximate surface area is 119 Å². The number of hydrogen-bond donors (Lipinski definition) is 1. The largest absolute Gasteiger partial charge is 0.444 e. The van der Waals surface area contributed by atoms with Crippen LogP contribution in [0.4, 0.5) is 4.79 Å². The van der Waals surface area contributed by atoms with E-state index in [2.05, 4.69) is 15.5 Å². The van der Waals surface area contributed by atoms with Crippen molar-refractivity contribution in [2.45, 2.75) is 58.0 Å². The topological polar surface area (TPSA) is 77.2 Å². The molecule has 0 spiro atoms. The molecular formula is C14H23N3O3. The minimum atomic E-state index is -0.445. The van der Waals surface area contributed by atoms with Crippen LogP contribution in [-0.4, -0.2) is 28.4 Å². The Morgan fingerprint density at radius 2 is 2.10 bits per heavy atom. The molecule has 0 unspecified atom stereocenters. The van der Waals surface area contributed by atoms with E-state index in [-0.39, 0.29) is 6.09 Å². The van der Waals surface area contributed by atoms with E-state index in [1.807, 2.05) is 20.8 Å². The first-order valence-corrected chi connectivity index (χ1v) is 7.17. The number of nitrogens with one attached hydrogen (secondary N) is 1. The van der Waals surface area contributed by atoms with Crippen molar-refractivity contribution in [1.29, 1.82) is 0 Å². The summed E-state index contributed by atoms with van der Waals surface area (Å²) < 4.78 is 10.5. The molecule has 0 radical (unpaired) electrons. The number of carbonyl (C=O) groups is 1. The molecule has 0 bridgehead atoms. The Hall–Kier alpha value is -1.59. The van der Waals surface area contributed by atoms with Gasteiger partial charge in [0, 0.05) is 12.5 Å². The first-order valence-electron chi connectivity index (χ1n) is 7.17. The van der Waals surface area contributed by atoms with Gasteiger partial charge in [-0.05, 0) is 52.4 Å². The number of hydrogen-bond acceptors (Lipinski definition) is 5. The highest BCUT2D eigenvalue weighted by Gasteiger charge is 2.26. The van der Waals surface area contributed by atoms with Crippen LogP contribution in [0, 0.1) is 5.92 Å². The smallest absolute Gasteiger partial charge is 0.407 e. The van der Waals surface area contributed by atoms with Crippen LogP contribution in [0.3, 0.4) is 0 Å². The fraction of sp³-hybridized carbons (Fsp3) is 0.786. The monoisotopic (exact) mass is 281 g/mol. The second-order valence-corrected chi connectivity index (χ2v) is 6.38. The van der Waals surface area contributed by atoms with E-state index in [0.717, 1.165) is 31.6 Å². The molecule has 1 amide bonds.